The molecule has 2 atom stereocenters. The van der Waals surface area contributed by atoms with Crippen LogP contribution in [0.1, 0.15) is 23.7 Å². The molecule has 0 aliphatic carbocycles. The number of carbonyl (C=O) groups excluding carboxylic acids is 1. The van der Waals surface area contributed by atoms with E-state index < -0.39 is 4.92 Å². The predicted molar refractivity (Wildman–Crippen MR) is 73.8 cm³/mol. The predicted octanol–water partition coefficient (Wildman–Crippen LogP) is 2.09. The Balaban J connectivity index is 2.33. The van der Waals surface area contributed by atoms with Gasteiger partial charge in [0, 0.05) is 18.7 Å². The zero-order valence-electron chi connectivity index (χ0n) is 11.0. The van der Waals surface area contributed by atoms with E-state index in [-0.39, 0.29) is 40.7 Å². The number of carbonyl (C=O) groups is 1. The minimum atomic E-state index is -0.566. The number of nitro groups is 1. The van der Waals surface area contributed by atoms with Crippen LogP contribution < -0.4 is 0 Å². The minimum absolute atomic E-state index is 0.105. The summed E-state index contributed by atoms with van der Waals surface area (Å²) in [6.45, 7) is 2.35. The van der Waals surface area contributed by atoms with Crippen molar-refractivity contribution in [2.45, 2.75) is 19.4 Å². The number of amides is 1. The molecule has 0 saturated carbocycles. The van der Waals surface area contributed by atoms with E-state index in [2.05, 4.69) is 0 Å². The van der Waals surface area contributed by atoms with Crippen LogP contribution in [0, 0.1) is 16.0 Å². The van der Waals surface area contributed by atoms with Gasteiger partial charge in [0.05, 0.1) is 28.2 Å². The number of hydrogen-bond donors (Lipinski definition) is 1. The number of hydrogen-bond acceptors (Lipinski definition) is 4. The van der Waals surface area contributed by atoms with E-state index in [1.54, 1.807) is 0 Å². The van der Waals surface area contributed by atoms with Crippen LogP contribution in [0.25, 0.3) is 0 Å². The zero-order valence-corrected chi connectivity index (χ0v) is 11.7. The van der Waals surface area contributed by atoms with Gasteiger partial charge in [-0.15, -0.1) is 0 Å². The molecular formula is C13H15ClN2O4. The van der Waals surface area contributed by atoms with Crippen LogP contribution in [0.5, 0.6) is 0 Å². The molecule has 108 valence electrons. The smallest absolute Gasteiger partial charge is 0.270 e. The summed E-state index contributed by atoms with van der Waals surface area (Å²) in [5, 5.41) is 20.3. The number of nitro benzene ring substituents is 1. The Labute approximate surface area is 121 Å². The van der Waals surface area contributed by atoms with Gasteiger partial charge >= 0.3 is 0 Å². The molecule has 1 heterocycles. The lowest BCUT2D eigenvalue weighted by Crippen LogP contribution is -2.39. The van der Waals surface area contributed by atoms with Crippen molar-refractivity contribution in [2.75, 3.05) is 13.2 Å². The van der Waals surface area contributed by atoms with Gasteiger partial charge in [-0.25, -0.2) is 0 Å². The summed E-state index contributed by atoms with van der Waals surface area (Å²) in [4.78, 5) is 24.2. The van der Waals surface area contributed by atoms with Crippen molar-refractivity contribution >= 4 is 23.2 Å². The highest BCUT2D eigenvalue weighted by Gasteiger charge is 2.35. The maximum atomic E-state index is 12.5. The van der Waals surface area contributed by atoms with Crippen LogP contribution in [0.2, 0.25) is 5.02 Å². The number of rotatable bonds is 3. The van der Waals surface area contributed by atoms with E-state index in [0.717, 1.165) is 6.42 Å². The highest BCUT2D eigenvalue weighted by atomic mass is 35.5. The van der Waals surface area contributed by atoms with Gasteiger partial charge in [0.2, 0.25) is 0 Å². The van der Waals surface area contributed by atoms with Crippen molar-refractivity contribution < 1.29 is 14.8 Å². The number of halogens is 1. The van der Waals surface area contributed by atoms with E-state index >= 15 is 0 Å². The van der Waals surface area contributed by atoms with Crippen LogP contribution in [0.4, 0.5) is 5.69 Å². The van der Waals surface area contributed by atoms with Crippen LogP contribution >= 0.6 is 11.6 Å². The van der Waals surface area contributed by atoms with E-state index in [0.29, 0.717) is 6.54 Å². The first-order valence-electron chi connectivity index (χ1n) is 6.31. The first-order chi connectivity index (χ1) is 9.45. The molecule has 0 radical (unpaired) electrons. The fourth-order valence-electron chi connectivity index (χ4n) is 2.48. The first-order valence-corrected chi connectivity index (χ1v) is 6.69. The van der Waals surface area contributed by atoms with Gasteiger partial charge in [-0.1, -0.05) is 18.5 Å². The van der Waals surface area contributed by atoms with E-state index in [1.807, 2.05) is 6.92 Å². The van der Waals surface area contributed by atoms with Crippen molar-refractivity contribution in [1.82, 2.24) is 4.90 Å². The van der Waals surface area contributed by atoms with Gasteiger partial charge < -0.3 is 10.0 Å². The Hall–Kier alpha value is -1.66. The second-order valence-corrected chi connectivity index (χ2v) is 5.34. The molecule has 1 N–H and O–H groups in total. The van der Waals surface area contributed by atoms with Crippen LogP contribution in [-0.2, 0) is 0 Å². The number of non-ortho nitro benzene ring substituents is 1. The number of benzene rings is 1. The molecule has 1 amide bonds. The number of likely N-dealkylation sites (tertiary alicyclic amines) is 1. The Morgan fingerprint density at radius 3 is 2.90 bits per heavy atom. The number of aliphatic hydroxyl groups excluding tert-OH is 1. The average molecular weight is 299 g/mol. The standard InChI is InChI=1S/C13H15ClN2O4/c1-8-4-5-15(12(8)7-17)13(18)10-6-9(16(19)20)2-3-11(10)14/h2-3,6,8,12,17H,4-5,7H2,1H3. The van der Waals surface area contributed by atoms with Crippen molar-refractivity contribution in [3.8, 4) is 0 Å². The monoisotopic (exact) mass is 298 g/mol. The zero-order chi connectivity index (χ0) is 14.9. The van der Waals surface area contributed by atoms with Crippen LogP contribution in [0.3, 0.4) is 0 Å². The third kappa shape index (κ3) is 2.62. The van der Waals surface area contributed by atoms with Crippen molar-refractivity contribution in [3.05, 3.63) is 38.9 Å². The summed E-state index contributed by atoms with van der Waals surface area (Å²) >= 11 is 5.97. The summed E-state index contributed by atoms with van der Waals surface area (Å²) in [5.41, 5.74) is -0.0704. The second-order valence-electron chi connectivity index (χ2n) is 4.94. The largest absolute Gasteiger partial charge is 0.394 e. The topological polar surface area (TPSA) is 83.7 Å². The molecular weight excluding hydrogens is 284 g/mol. The molecule has 0 spiro atoms. The normalized spacial score (nSPS) is 22.1. The third-order valence-corrected chi connectivity index (χ3v) is 4.05. The van der Waals surface area contributed by atoms with Crippen LogP contribution in [0.15, 0.2) is 18.2 Å². The third-order valence-electron chi connectivity index (χ3n) is 3.72. The SMILES string of the molecule is CC1CCN(C(=O)c2cc([N+](=O)[O-])ccc2Cl)C1CO. The van der Waals surface area contributed by atoms with Gasteiger partial charge in [-0.05, 0) is 18.4 Å². The molecule has 7 heteroatoms. The molecule has 1 aromatic rings. The van der Waals surface area contributed by atoms with Crippen molar-refractivity contribution in [1.29, 1.82) is 0 Å². The van der Waals surface area contributed by atoms with Crippen molar-refractivity contribution in [3.63, 3.8) is 0 Å². The van der Waals surface area contributed by atoms with E-state index in [9.17, 15) is 20.0 Å². The molecule has 1 fully saturated rings. The summed E-state index contributed by atoms with van der Waals surface area (Å²) in [5.74, 6) is -0.177. The van der Waals surface area contributed by atoms with Gasteiger partial charge in [-0.2, -0.15) is 0 Å². The highest BCUT2D eigenvalue weighted by molar-refractivity contribution is 6.34. The number of aliphatic hydroxyl groups is 1. The Bertz CT molecular complexity index is 549. The summed E-state index contributed by atoms with van der Waals surface area (Å²) in [6, 6.07) is 3.52. The lowest BCUT2D eigenvalue weighted by Gasteiger charge is -2.25. The quantitative estimate of drug-likeness (QED) is 0.684. The van der Waals surface area contributed by atoms with Gasteiger partial charge in [0.15, 0.2) is 0 Å². The molecule has 0 bridgehead atoms. The van der Waals surface area contributed by atoms with E-state index in [1.165, 1.54) is 23.1 Å². The molecule has 1 saturated heterocycles. The van der Waals surface area contributed by atoms with Gasteiger partial charge in [0.1, 0.15) is 0 Å². The molecule has 2 rings (SSSR count). The molecule has 1 aliphatic heterocycles. The lowest BCUT2D eigenvalue weighted by molar-refractivity contribution is -0.384. The van der Waals surface area contributed by atoms with Gasteiger partial charge in [-0.3, -0.25) is 14.9 Å². The number of nitrogens with zero attached hydrogens (tertiary/aromatic N) is 2. The summed E-state index contributed by atoms with van der Waals surface area (Å²) < 4.78 is 0. The maximum absolute atomic E-state index is 12.5. The fraction of sp³-hybridized carbons (Fsp3) is 0.462. The average Bonchev–Trinajstić information content (AvgIpc) is 2.79. The minimum Gasteiger partial charge on any atom is -0.394 e. The molecule has 1 aromatic carbocycles. The van der Waals surface area contributed by atoms with Crippen LogP contribution in [-0.4, -0.2) is 40.0 Å². The molecule has 6 nitrogen and oxygen atoms in total. The Morgan fingerprint density at radius 2 is 2.30 bits per heavy atom. The molecule has 0 aromatic heterocycles. The Kier molecular flexibility index (Phi) is 4.25. The van der Waals surface area contributed by atoms with Crippen molar-refractivity contribution in [2.24, 2.45) is 5.92 Å². The van der Waals surface area contributed by atoms with E-state index in [4.69, 9.17) is 11.6 Å². The maximum Gasteiger partial charge on any atom is 0.270 e. The second kappa shape index (κ2) is 5.76. The molecule has 2 unspecified atom stereocenters. The first kappa shape index (κ1) is 14.7. The summed E-state index contributed by atoms with van der Waals surface area (Å²) in [7, 11) is 0. The summed E-state index contributed by atoms with van der Waals surface area (Å²) in [6.07, 6.45) is 0.795. The van der Waals surface area contributed by atoms with Gasteiger partial charge in [0.25, 0.3) is 11.6 Å². The lowest BCUT2D eigenvalue weighted by atomic mass is 10.0. The molecule has 20 heavy (non-hydrogen) atoms. The highest BCUT2D eigenvalue weighted by Crippen LogP contribution is 2.29. The Morgan fingerprint density at radius 1 is 1.60 bits per heavy atom. The molecule has 1 aliphatic rings. The fourth-order valence-corrected chi connectivity index (χ4v) is 2.68.